The highest BCUT2D eigenvalue weighted by atomic mass is 32.1. The van der Waals surface area contributed by atoms with Gasteiger partial charge in [-0.15, -0.1) is 0 Å². The van der Waals surface area contributed by atoms with Crippen molar-refractivity contribution in [3.8, 4) is 0 Å². The molecule has 1 unspecified atom stereocenters. The molecule has 1 atom stereocenters. The number of nitrogens with one attached hydrogen (secondary N) is 1. The zero-order valence-electron chi connectivity index (χ0n) is 14.7. The molecule has 6 nitrogen and oxygen atoms in total. The number of rotatable bonds is 17. The summed E-state index contributed by atoms with van der Waals surface area (Å²) in [6.45, 7) is 10.9. The maximum absolute atomic E-state index is 11.3. The smallest absolute Gasteiger partial charge is 0.137 e. The van der Waals surface area contributed by atoms with Crippen molar-refractivity contribution in [1.82, 2.24) is 5.32 Å². The van der Waals surface area contributed by atoms with Crippen LogP contribution in [0, 0.1) is 5.92 Å². The third-order valence-corrected chi connectivity index (χ3v) is 3.12. The lowest BCUT2D eigenvalue weighted by Gasteiger charge is -2.09. The maximum Gasteiger partial charge on any atom is 0.137 e. The van der Waals surface area contributed by atoms with Gasteiger partial charge in [0.05, 0.1) is 52.9 Å². The van der Waals surface area contributed by atoms with E-state index in [1.165, 1.54) is 0 Å². The number of thiol groups is 1. The Morgan fingerprint density at radius 1 is 0.826 bits per heavy atom. The van der Waals surface area contributed by atoms with Crippen LogP contribution in [0.4, 0.5) is 0 Å². The Hall–Kier alpha value is -0.180. The summed E-state index contributed by atoms with van der Waals surface area (Å²) < 4.78 is 21.5. The molecule has 0 spiro atoms. The zero-order valence-corrected chi connectivity index (χ0v) is 15.6. The molecule has 23 heavy (non-hydrogen) atoms. The number of ketones is 1. The topological polar surface area (TPSA) is 66.0 Å². The molecule has 0 amide bonds. The van der Waals surface area contributed by atoms with Crippen molar-refractivity contribution in [2.24, 2.45) is 5.92 Å². The van der Waals surface area contributed by atoms with Crippen LogP contribution in [0.3, 0.4) is 0 Å². The van der Waals surface area contributed by atoms with E-state index in [-0.39, 0.29) is 17.1 Å². The summed E-state index contributed by atoms with van der Waals surface area (Å²) in [5.41, 5.74) is 0. The number of carbonyl (C=O) groups excluding carboxylic acids is 1. The van der Waals surface area contributed by atoms with Crippen LogP contribution in [-0.2, 0) is 23.7 Å². The fraction of sp³-hybridized carbons (Fsp3) is 0.938. The van der Waals surface area contributed by atoms with E-state index in [2.05, 4.69) is 17.9 Å². The molecular formula is C16H33NO5S. The molecule has 0 aromatic rings. The fourth-order valence-electron chi connectivity index (χ4n) is 1.56. The molecule has 0 radical (unpaired) electrons. The van der Waals surface area contributed by atoms with Gasteiger partial charge in [-0.05, 0) is 6.92 Å². The van der Waals surface area contributed by atoms with Crippen LogP contribution in [0.25, 0.3) is 0 Å². The molecule has 0 aliphatic heterocycles. The third kappa shape index (κ3) is 18.0. The Labute approximate surface area is 146 Å². The SMILES string of the molecule is CC(S)NCCOCCOCCOCCOCCC(=O)C(C)C. The molecule has 0 aromatic carbocycles. The molecule has 0 aliphatic carbocycles. The van der Waals surface area contributed by atoms with Gasteiger partial charge in [0.25, 0.3) is 0 Å². The van der Waals surface area contributed by atoms with Gasteiger partial charge >= 0.3 is 0 Å². The van der Waals surface area contributed by atoms with E-state index in [0.29, 0.717) is 59.3 Å². The van der Waals surface area contributed by atoms with Crippen molar-refractivity contribution in [1.29, 1.82) is 0 Å². The van der Waals surface area contributed by atoms with Gasteiger partial charge in [0.1, 0.15) is 5.78 Å². The van der Waals surface area contributed by atoms with Crippen molar-refractivity contribution in [2.45, 2.75) is 32.6 Å². The monoisotopic (exact) mass is 351 g/mol. The molecule has 0 aromatic heterocycles. The lowest BCUT2D eigenvalue weighted by molar-refractivity contribution is -0.123. The normalized spacial score (nSPS) is 12.7. The highest BCUT2D eigenvalue weighted by molar-refractivity contribution is 7.80. The van der Waals surface area contributed by atoms with Crippen molar-refractivity contribution in [3.05, 3.63) is 0 Å². The summed E-state index contributed by atoms with van der Waals surface area (Å²) in [5.74, 6) is 0.316. The Balaban J connectivity index is 3.07. The van der Waals surface area contributed by atoms with Crippen LogP contribution < -0.4 is 5.32 Å². The first kappa shape index (κ1) is 22.8. The fourth-order valence-corrected chi connectivity index (χ4v) is 1.69. The lowest BCUT2D eigenvalue weighted by atomic mass is 10.1. The molecule has 0 saturated heterocycles. The Kier molecular flexibility index (Phi) is 16.5. The lowest BCUT2D eigenvalue weighted by Crippen LogP contribution is -2.25. The number of hydrogen-bond donors (Lipinski definition) is 2. The molecule has 0 rings (SSSR count). The van der Waals surface area contributed by atoms with Crippen LogP contribution in [0.1, 0.15) is 27.2 Å². The molecule has 0 fully saturated rings. The van der Waals surface area contributed by atoms with Gasteiger partial charge in [-0.1, -0.05) is 13.8 Å². The van der Waals surface area contributed by atoms with Crippen molar-refractivity contribution < 1.29 is 23.7 Å². The minimum atomic E-state index is 0.0822. The number of ether oxygens (including phenoxy) is 4. The quantitative estimate of drug-likeness (QED) is 0.235. The Bertz CT molecular complexity index is 277. The van der Waals surface area contributed by atoms with Gasteiger partial charge in [-0.3, -0.25) is 4.79 Å². The summed E-state index contributed by atoms with van der Waals surface area (Å²) in [6, 6.07) is 0. The first-order valence-corrected chi connectivity index (χ1v) is 8.80. The molecule has 1 N–H and O–H groups in total. The number of carbonyl (C=O) groups is 1. The molecule has 0 heterocycles. The van der Waals surface area contributed by atoms with Crippen LogP contribution in [0.15, 0.2) is 0 Å². The molecule has 0 bridgehead atoms. The van der Waals surface area contributed by atoms with E-state index >= 15 is 0 Å². The average Bonchev–Trinajstić information content (AvgIpc) is 2.50. The Morgan fingerprint density at radius 3 is 1.70 bits per heavy atom. The maximum atomic E-state index is 11.3. The molecule has 0 saturated carbocycles. The highest BCUT2D eigenvalue weighted by Crippen LogP contribution is 1.98. The predicted octanol–water partition coefficient (Wildman–Crippen LogP) is 1.53. The molecule has 7 heteroatoms. The second kappa shape index (κ2) is 16.7. The van der Waals surface area contributed by atoms with E-state index in [9.17, 15) is 4.79 Å². The van der Waals surface area contributed by atoms with E-state index in [4.69, 9.17) is 18.9 Å². The van der Waals surface area contributed by atoms with Crippen LogP contribution in [-0.4, -0.2) is 70.6 Å². The van der Waals surface area contributed by atoms with Gasteiger partial charge in [-0.25, -0.2) is 0 Å². The summed E-state index contributed by atoms with van der Waals surface area (Å²) in [6.07, 6.45) is 0.475. The summed E-state index contributed by atoms with van der Waals surface area (Å²) >= 11 is 4.20. The van der Waals surface area contributed by atoms with Gasteiger partial charge in [0, 0.05) is 24.3 Å². The number of Topliss-reactive ketones (excluding diaryl/α,β-unsaturated/α-hetero) is 1. The zero-order chi connectivity index (χ0) is 17.3. The molecular weight excluding hydrogens is 318 g/mol. The third-order valence-electron chi connectivity index (χ3n) is 2.94. The minimum absolute atomic E-state index is 0.0822. The van der Waals surface area contributed by atoms with Crippen molar-refractivity contribution in [3.63, 3.8) is 0 Å². The average molecular weight is 352 g/mol. The molecule has 138 valence electrons. The Morgan fingerprint density at radius 2 is 1.26 bits per heavy atom. The van der Waals surface area contributed by atoms with Crippen LogP contribution in [0.5, 0.6) is 0 Å². The van der Waals surface area contributed by atoms with E-state index in [1.54, 1.807) is 0 Å². The van der Waals surface area contributed by atoms with Crippen LogP contribution in [0.2, 0.25) is 0 Å². The largest absolute Gasteiger partial charge is 0.379 e. The summed E-state index contributed by atoms with van der Waals surface area (Å²) in [5, 5.41) is 3.33. The number of hydrogen-bond acceptors (Lipinski definition) is 7. The van der Waals surface area contributed by atoms with E-state index < -0.39 is 0 Å². The highest BCUT2D eigenvalue weighted by Gasteiger charge is 2.05. The standard InChI is InChI=1S/C16H33NO5S/c1-14(2)16(18)4-6-19-8-10-21-12-13-22-11-9-20-7-5-17-15(3)23/h14-15,17,23H,4-13H2,1-3H3. The summed E-state index contributed by atoms with van der Waals surface area (Å²) in [7, 11) is 0. The van der Waals surface area contributed by atoms with Crippen molar-refractivity contribution in [2.75, 3.05) is 59.4 Å². The van der Waals surface area contributed by atoms with Crippen LogP contribution >= 0.6 is 12.6 Å². The predicted molar refractivity (Wildman–Crippen MR) is 94.2 cm³/mol. The first-order valence-electron chi connectivity index (χ1n) is 8.29. The second-order valence-corrected chi connectivity index (χ2v) is 6.23. The minimum Gasteiger partial charge on any atom is -0.379 e. The van der Waals surface area contributed by atoms with Gasteiger partial charge < -0.3 is 24.3 Å². The van der Waals surface area contributed by atoms with Gasteiger partial charge in [0.15, 0.2) is 0 Å². The summed E-state index contributed by atoms with van der Waals surface area (Å²) in [4.78, 5) is 11.3. The van der Waals surface area contributed by atoms with E-state index in [0.717, 1.165) is 6.54 Å². The van der Waals surface area contributed by atoms with Gasteiger partial charge in [0.2, 0.25) is 0 Å². The van der Waals surface area contributed by atoms with E-state index in [1.807, 2.05) is 20.8 Å². The molecule has 0 aliphatic rings. The second-order valence-electron chi connectivity index (χ2n) is 5.45. The van der Waals surface area contributed by atoms with Gasteiger partial charge in [-0.2, -0.15) is 12.6 Å². The first-order chi connectivity index (χ1) is 11.0. The van der Waals surface area contributed by atoms with Crippen molar-refractivity contribution >= 4 is 18.4 Å².